The fourth-order valence-corrected chi connectivity index (χ4v) is 6.63. The summed E-state index contributed by atoms with van der Waals surface area (Å²) >= 11 is 1.38. The van der Waals surface area contributed by atoms with Crippen molar-refractivity contribution in [1.29, 1.82) is 0 Å². The van der Waals surface area contributed by atoms with E-state index < -0.39 is 12.7 Å². The second kappa shape index (κ2) is 17.2. The van der Waals surface area contributed by atoms with Gasteiger partial charge in [-0.25, -0.2) is 0 Å². The summed E-state index contributed by atoms with van der Waals surface area (Å²) in [7, 11) is 1.79. The number of fused-ring (bicyclic) bond motifs is 1. The molecule has 252 valence electrons. The van der Waals surface area contributed by atoms with Crippen LogP contribution in [-0.4, -0.2) is 61.8 Å². The molecule has 0 radical (unpaired) electrons. The van der Waals surface area contributed by atoms with Crippen LogP contribution in [-0.2, 0) is 11.3 Å². The molecule has 0 bridgehead atoms. The smallest absolute Gasteiger partial charge is 0.406 e. The van der Waals surface area contributed by atoms with Crippen molar-refractivity contribution >= 4 is 34.2 Å². The predicted octanol–water partition coefficient (Wildman–Crippen LogP) is 7.76. The standard InChI is InChI=1S/C26H29F3N4OS.C7H13NO.C2H6/c1-30-35-20-12-13-23(25(34)16-20)31-14-6-9-19-15-21-22(32-18-7-3-2-4-8-18)10-5-11-24(21)33(19)17-26(27,28)29;1-3-8-4-2-7(1)5-9-6-7;1-2/h5,10-13,15-16,18,30-32,34H,2-4,7-8,14,17H2,1H3;8H,1-6H2;1-2H3. The first-order valence-corrected chi connectivity index (χ1v) is 17.2. The van der Waals surface area contributed by atoms with Gasteiger partial charge in [0.2, 0.25) is 0 Å². The van der Waals surface area contributed by atoms with E-state index in [0.717, 1.165) is 42.0 Å². The molecule has 2 aromatic carbocycles. The van der Waals surface area contributed by atoms with E-state index >= 15 is 0 Å². The Bertz CT molecular complexity index is 1450. The fourth-order valence-electron chi connectivity index (χ4n) is 6.08. The van der Waals surface area contributed by atoms with Crippen LogP contribution in [0.2, 0.25) is 0 Å². The van der Waals surface area contributed by atoms with E-state index in [9.17, 15) is 18.3 Å². The zero-order valence-corrected chi connectivity index (χ0v) is 28.0. The van der Waals surface area contributed by atoms with Gasteiger partial charge in [0.05, 0.1) is 36.7 Å². The molecular formula is C35H48F3N5O2S. The van der Waals surface area contributed by atoms with Crippen LogP contribution in [0.1, 0.15) is 64.5 Å². The zero-order valence-electron chi connectivity index (χ0n) is 27.2. The van der Waals surface area contributed by atoms with Gasteiger partial charge in [-0.2, -0.15) is 13.2 Å². The molecular weight excluding hydrogens is 611 g/mol. The lowest BCUT2D eigenvalue weighted by atomic mass is 9.77. The van der Waals surface area contributed by atoms with Gasteiger partial charge >= 0.3 is 6.18 Å². The molecule has 1 spiro atoms. The summed E-state index contributed by atoms with van der Waals surface area (Å²) in [6, 6.07) is 12.7. The highest BCUT2D eigenvalue weighted by atomic mass is 32.2. The van der Waals surface area contributed by atoms with Crippen molar-refractivity contribution in [2.75, 3.05) is 50.5 Å². The SMILES string of the molecule is C1CC2(CCN1)COC2.CC.CNSc1ccc(NCC#Cc2cc3c(NC4CCCCC4)cccc3n2CC(F)(F)F)c(O)c1. The maximum Gasteiger partial charge on any atom is 0.406 e. The molecule has 2 aliphatic heterocycles. The zero-order chi connectivity index (χ0) is 33.0. The molecule has 3 fully saturated rings. The highest BCUT2D eigenvalue weighted by molar-refractivity contribution is 7.97. The first-order valence-electron chi connectivity index (χ1n) is 16.4. The number of rotatable bonds is 7. The van der Waals surface area contributed by atoms with Gasteiger partial charge in [-0.15, -0.1) is 0 Å². The lowest BCUT2D eigenvalue weighted by molar-refractivity contribution is -0.140. The highest BCUT2D eigenvalue weighted by Crippen LogP contribution is 2.36. The molecule has 3 aliphatic rings. The summed E-state index contributed by atoms with van der Waals surface area (Å²) in [4.78, 5) is 0.857. The minimum atomic E-state index is -4.37. The van der Waals surface area contributed by atoms with Crippen molar-refractivity contribution in [3.05, 3.63) is 48.2 Å². The Hall–Kier alpha value is -3.04. The van der Waals surface area contributed by atoms with Crippen LogP contribution < -0.4 is 20.7 Å². The van der Waals surface area contributed by atoms with Crippen LogP contribution >= 0.6 is 11.9 Å². The van der Waals surface area contributed by atoms with Crippen molar-refractivity contribution in [2.24, 2.45) is 5.41 Å². The number of benzene rings is 2. The number of alkyl halides is 3. The van der Waals surface area contributed by atoms with Gasteiger partial charge in [-0.3, -0.25) is 4.72 Å². The molecule has 7 nitrogen and oxygen atoms in total. The van der Waals surface area contributed by atoms with Gasteiger partial charge in [-0.05, 0) is 100 Å². The van der Waals surface area contributed by atoms with E-state index in [4.69, 9.17) is 4.74 Å². The first kappa shape index (κ1) is 35.8. The van der Waals surface area contributed by atoms with E-state index in [2.05, 4.69) is 32.5 Å². The van der Waals surface area contributed by atoms with Gasteiger partial charge in [0.25, 0.3) is 0 Å². The summed E-state index contributed by atoms with van der Waals surface area (Å²) in [5.41, 5.74) is 2.79. The molecule has 1 aromatic heterocycles. The summed E-state index contributed by atoms with van der Waals surface area (Å²) < 4.78 is 49.6. The fraction of sp³-hybridized carbons (Fsp3) is 0.543. The third-order valence-corrected chi connectivity index (χ3v) is 9.20. The maximum absolute atomic E-state index is 13.4. The largest absolute Gasteiger partial charge is 0.506 e. The molecule has 0 atom stereocenters. The topological polar surface area (TPSA) is 82.5 Å². The number of piperidine rings is 1. The second-order valence-corrected chi connectivity index (χ2v) is 12.9. The predicted molar refractivity (Wildman–Crippen MR) is 184 cm³/mol. The minimum absolute atomic E-state index is 0.0802. The number of halogens is 3. The monoisotopic (exact) mass is 659 g/mol. The van der Waals surface area contributed by atoms with Gasteiger partial charge in [0.15, 0.2) is 0 Å². The quantitative estimate of drug-likeness (QED) is 0.101. The van der Waals surface area contributed by atoms with E-state index in [0.29, 0.717) is 28.4 Å². The Kier molecular flexibility index (Phi) is 13.4. The molecule has 6 rings (SSSR count). The van der Waals surface area contributed by atoms with E-state index in [1.165, 1.54) is 61.7 Å². The molecule has 3 heterocycles. The number of nitrogens with zero attached hydrogens (tertiary/aromatic N) is 1. The Labute approximate surface area is 275 Å². The number of hydrogen-bond donors (Lipinski definition) is 5. The molecule has 1 aliphatic carbocycles. The third kappa shape index (κ3) is 9.98. The molecule has 2 saturated heterocycles. The summed E-state index contributed by atoms with van der Waals surface area (Å²) in [5, 5.41) is 20.8. The van der Waals surface area contributed by atoms with Crippen LogP contribution in [0.15, 0.2) is 47.4 Å². The molecule has 0 amide bonds. The average molecular weight is 660 g/mol. The first-order chi connectivity index (χ1) is 22.3. The summed E-state index contributed by atoms with van der Waals surface area (Å²) in [6.45, 7) is 7.51. The number of phenols is 1. The van der Waals surface area contributed by atoms with Crippen LogP contribution in [0.25, 0.3) is 10.9 Å². The van der Waals surface area contributed by atoms with E-state index in [-0.39, 0.29) is 12.3 Å². The summed E-state index contributed by atoms with van der Waals surface area (Å²) in [6.07, 6.45) is 3.98. The van der Waals surface area contributed by atoms with E-state index in [1.54, 1.807) is 37.4 Å². The van der Waals surface area contributed by atoms with Gasteiger partial charge in [0, 0.05) is 27.4 Å². The van der Waals surface area contributed by atoms with Crippen LogP contribution in [0.5, 0.6) is 5.75 Å². The number of phenolic OH excluding ortho intramolecular Hbond substituents is 1. The number of aromatic hydroxyl groups is 1. The molecule has 5 N–H and O–H groups in total. The molecule has 3 aromatic rings. The second-order valence-electron chi connectivity index (χ2n) is 11.8. The Morgan fingerprint density at radius 1 is 1.04 bits per heavy atom. The Morgan fingerprint density at radius 2 is 1.78 bits per heavy atom. The van der Waals surface area contributed by atoms with Gasteiger partial charge < -0.3 is 30.4 Å². The van der Waals surface area contributed by atoms with Gasteiger partial charge in [0.1, 0.15) is 12.3 Å². The van der Waals surface area contributed by atoms with Crippen LogP contribution in [0, 0.1) is 17.3 Å². The van der Waals surface area contributed by atoms with Crippen molar-refractivity contribution in [2.45, 2.75) is 82.5 Å². The lowest BCUT2D eigenvalue weighted by Crippen LogP contribution is -2.49. The van der Waals surface area contributed by atoms with Crippen molar-refractivity contribution in [1.82, 2.24) is 14.6 Å². The van der Waals surface area contributed by atoms with Crippen molar-refractivity contribution < 1.29 is 23.0 Å². The number of ether oxygens (including phenoxy) is 1. The number of hydrogen-bond acceptors (Lipinski definition) is 7. The van der Waals surface area contributed by atoms with Crippen molar-refractivity contribution in [3.8, 4) is 17.6 Å². The average Bonchev–Trinajstić information content (AvgIpc) is 3.38. The number of aromatic nitrogens is 1. The molecule has 11 heteroatoms. The van der Waals surface area contributed by atoms with E-state index in [1.807, 2.05) is 26.0 Å². The minimum Gasteiger partial charge on any atom is -0.506 e. The van der Waals surface area contributed by atoms with Crippen LogP contribution in [0.3, 0.4) is 0 Å². The molecule has 0 unspecified atom stereocenters. The number of anilines is 2. The Morgan fingerprint density at radius 3 is 2.39 bits per heavy atom. The van der Waals surface area contributed by atoms with Crippen LogP contribution in [0.4, 0.5) is 24.5 Å². The normalized spacial score (nSPS) is 17.4. The lowest BCUT2D eigenvalue weighted by Gasteiger charge is -2.44. The molecule has 1 saturated carbocycles. The maximum atomic E-state index is 13.4. The highest BCUT2D eigenvalue weighted by Gasteiger charge is 2.39. The van der Waals surface area contributed by atoms with Gasteiger partial charge in [-0.1, -0.05) is 45.1 Å². The third-order valence-electron chi connectivity index (χ3n) is 8.50. The summed E-state index contributed by atoms with van der Waals surface area (Å²) in [5.74, 6) is 5.89. The van der Waals surface area contributed by atoms with Crippen molar-refractivity contribution in [3.63, 3.8) is 0 Å². The Balaban J connectivity index is 0.000000367. The molecule has 46 heavy (non-hydrogen) atoms. The number of nitrogens with one attached hydrogen (secondary N) is 4.